The second kappa shape index (κ2) is 9.52. The van der Waals surface area contributed by atoms with Crippen LogP contribution < -0.4 is 10.6 Å². The molecule has 1 aromatic rings. The predicted octanol–water partition coefficient (Wildman–Crippen LogP) is 2.81. The van der Waals surface area contributed by atoms with E-state index in [9.17, 15) is 23.2 Å². The SMILES string of the molecule is O=C1CCC(Nc2ccc(C3CCN(C4CCC(C(=O)O)CC4F)CC3)c(F)c2)C(=O)N1. The van der Waals surface area contributed by atoms with Crippen LogP contribution in [0.4, 0.5) is 14.5 Å². The van der Waals surface area contributed by atoms with E-state index in [0.29, 0.717) is 56.4 Å². The summed E-state index contributed by atoms with van der Waals surface area (Å²) in [7, 11) is 0. The third-order valence-electron chi connectivity index (χ3n) is 7.11. The van der Waals surface area contributed by atoms with Crippen LogP contribution in [0.2, 0.25) is 0 Å². The van der Waals surface area contributed by atoms with Crippen molar-refractivity contribution in [1.29, 1.82) is 0 Å². The van der Waals surface area contributed by atoms with Crippen molar-refractivity contribution in [3.63, 3.8) is 0 Å². The van der Waals surface area contributed by atoms with Gasteiger partial charge in [0, 0.05) is 18.2 Å². The van der Waals surface area contributed by atoms with Gasteiger partial charge in [-0.15, -0.1) is 0 Å². The molecule has 1 aliphatic carbocycles. The first-order valence-corrected chi connectivity index (χ1v) is 11.3. The second-order valence-electron chi connectivity index (χ2n) is 9.13. The Bertz CT molecular complexity index is 888. The first kappa shape index (κ1) is 22.6. The number of halogens is 2. The smallest absolute Gasteiger partial charge is 0.306 e. The quantitative estimate of drug-likeness (QED) is 0.598. The van der Waals surface area contributed by atoms with Gasteiger partial charge < -0.3 is 10.4 Å². The number of carbonyl (C=O) groups excluding carboxylic acids is 2. The van der Waals surface area contributed by atoms with Crippen LogP contribution in [0, 0.1) is 11.7 Å². The lowest BCUT2D eigenvalue weighted by molar-refractivity contribution is -0.144. The number of aliphatic carboxylic acids is 1. The fraction of sp³-hybridized carbons (Fsp3) is 0.609. The summed E-state index contributed by atoms with van der Waals surface area (Å²) >= 11 is 0. The van der Waals surface area contributed by atoms with E-state index in [1.54, 1.807) is 12.1 Å². The summed E-state index contributed by atoms with van der Waals surface area (Å²) in [5, 5.41) is 14.4. The van der Waals surface area contributed by atoms with Gasteiger partial charge in [-0.3, -0.25) is 24.6 Å². The molecule has 32 heavy (non-hydrogen) atoms. The van der Waals surface area contributed by atoms with Crippen molar-refractivity contribution in [3.05, 3.63) is 29.6 Å². The van der Waals surface area contributed by atoms with E-state index >= 15 is 0 Å². The van der Waals surface area contributed by atoms with Gasteiger partial charge in [-0.05, 0) is 75.2 Å². The molecule has 1 aromatic carbocycles. The highest BCUT2D eigenvalue weighted by Crippen LogP contribution is 2.36. The van der Waals surface area contributed by atoms with E-state index in [2.05, 4.69) is 15.5 Å². The van der Waals surface area contributed by atoms with Crippen molar-refractivity contribution in [2.75, 3.05) is 18.4 Å². The molecule has 0 aromatic heterocycles. The van der Waals surface area contributed by atoms with Crippen molar-refractivity contribution in [3.8, 4) is 0 Å². The Kier molecular flexibility index (Phi) is 6.74. The van der Waals surface area contributed by atoms with Gasteiger partial charge in [0.15, 0.2) is 0 Å². The fourth-order valence-corrected chi connectivity index (χ4v) is 5.26. The molecule has 3 aliphatic rings. The maximum Gasteiger partial charge on any atom is 0.306 e. The lowest BCUT2D eigenvalue weighted by Gasteiger charge is -2.42. The van der Waals surface area contributed by atoms with Crippen LogP contribution in [0.25, 0.3) is 0 Å². The third-order valence-corrected chi connectivity index (χ3v) is 7.11. The van der Waals surface area contributed by atoms with E-state index in [4.69, 9.17) is 5.11 Å². The molecule has 0 spiro atoms. The molecule has 7 nitrogen and oxygen atoms in total. The predicted molar refractivity (Wildman–Crippen MR) is 113 cm³/mol. The van der Waals surface area contributed by atoms with Gasteiger partial charge in [0.25, 0.3) is 0 Å². The van der Waals surface area contributed by atoms with Crippen molar-refractivity contribution in [1.82, 2.24) is 10.2 Å². The number of piperidine rings is 2. The molecule has 2 saturated heterocycles. The van der Waals surface area contributed by atoms with Crippen LogP contribution in [-0.4, -0.2) is 59.1 Å². The molecule has 4 unspecified atom stereocenters. The number of nitrogens with zero attached hydrogens (tertiary/aromatic N) is 1. The molecular weight excluding hydrogens is 420 g/mol. The maximum absolute atomic E-state index is 14.9. The number of hydrogen-bond acceptors (Lipinski definition) is 5. The van der Waals surface area contributed by atoms with Gasteiger partial charge in [-0.1, -0.05) is 6.07 Å². The number of rotatable bonds is 5. The molecule has 4 rings (SSSR count). The monoisotopic (exact) mass is 449 g/mol. The van der Waals surface area contributed by atoms with E-state index in [1.165, 1.54) is 6.07 Å². The minimum Gasteiger partial charge on any atom is -0.481 e. The number of benzene rings is 1. The van der Waals surface area contributed by atoms with Crippen LogP contribution >= 0.6 is 0 Å². The summed E-state index contributed by atoms with van der Waals surface area (Å²) in [5.41, 5.74) is 1.11. The zero-order valence-corrected chi connectivity index (χ0v) is 17.9. The van der Waals surface area contributed by atoms with Crippen molar-refractivity contribution in [2.24, 2.45) is 5.92 Å². The molecule has 4 atom stereocenters. The number of amides is 2. The molecule has 1 saturated carbocycles. The molecule has 3 fully saturated rings. The molecule has 2 aliphatic heterocycles. The van der Waals surface area contributed by atoms with Crippen LogP contribution in [-0.2, 0) is 14.4 Å². The van der Waals surface area contributed by atoms with Crippen molar-refractivity contribution in [2.45, 2.75) is 69.1 Å². The summed E-state index contributed by atoms with van der Waals surface area (Å²) in [6.07, 6.45) is 2.00. The van der Waals surface area contributed by atoms with Crippen LogP contribution in [0.3, 0.4) is 0 Å². The highest BCUT2D eigenvalue weighted by molar-refractivity contribution is 6.01. The van der Waals surface area contributed by atoms with Gasteiger partial charge in [-0.2, -0.15) is 0 Å². The number of nitrogens with one attached hydrogen (secondary N) is 2. The lowest BCUT2D eigenvalue weighted by Crippen LogP contribution is -2.49. The maximum atomic E-state index is 14.9. The van der Waals surface area contributed by atoms with E-state index in [1.807, 2.05) is 0 Å². The number of alkyl halides is 1. The first-order valence-electron chi connectivity index (χ1n) is 11.3. The molecule has 3 N–H and O–H groups in total. The molecule has 0 radical (unpaired) electrons. The normalized spacial score (nSPS) is 30.1. The van der Waals surface area contributed by atoms with Crippen molar-refractivity contribution >= 4 is 23.5 Å². The minimum absolute atomic E-state index is 0.0318. The lowest BCUT2D eigenvalue weighted by atomic mass is 9.82. The highest BCUT2D eigenvalue weighted by atomic mass is 19.1. The standard InChI is InChI=1S/C23H29F2N3O4/c24-17-12-15(26-19-4-6-21(29)27-22(19)30)2-3-16(17)13-7-9-28(10-8-13)20-5-1-14(23(31)32)11-18(20)25/h2-3,12-14,18-20,26H,1,4-11H2,(H,31,32)(H,27,29,30). The fourth-order valence-electron chi connectivity index (χ4n) is 5.26. The second-order valence-corrected chi connectivity index (χ2v) is 9.13. The van der Waals surface area contributed by atoms with Crippen LogP contribution in [0.5, 0.6) is 0 Å². The summed E-state index contributed by atoms with van der Waals surface area (Å²) in [4.78, 5) is 36.4. The minimum atomic E-state index is -1.14. The summed E-state index contributed by atoms with van der Waals surface area (Å²) in [6, 6.07) is 4.05. The van der Waals surface area contributed by atoms with Crippen LogP contribution in [0.1, 0.15) is 56.4 Å². The Morgan fingerprint density at radius 1 is 1.12 bits per heavy atom. The molecule has 174 valence electrons. The Morgan fingerprint density at radius 3 is 2.50 bits per heavy atom. The number of hydrogen-bond donors (Lipinski definition) is 3. The Morgan fingerprint density at radius 2 is 1.88 bits per heavy atom. The Labute approximate surface area is 185 Å². The number of carboxylic acids is 1. The average Bonchev–Trinajstić information content (AvgIpc) is 2.76. The largest absolute Gasteiger partial charge is 0.481 e. The topological polar surface area (TPSA) is 98.7 Å². The van der Waals surface area contributed by atoms with E-state index < -0.39 is 30.0 Å². The molecule has 9 heteroatoms. The zero-order valence-electron chi connectivity index (χ0n) is 17.9. The van der Waals surface area contributed by atoms with Gasteiger partial charge in [0.1, 0.15) is 18.0 Å². The number of carboxylic acid groups (broad SMARTS) is 1. The number of imide groups is 1. The van der Waals surface area contributed by atoms with Gasteiger partial charge in [0.2, 0.25) is 11.8 Å². The van der Waals surface area contributed by atoms with Crippen molar-refractivity contribution < 1.29 is 28.3 Å². The summed E-state index contributed by atoms with van der Waals surface area (Å²) < 4.78 is 29.5. The third kappa shape index (κ3) is 4.92. The highest BCUT2D eigenvalue weighted by Gasteiger charge is 2.38. The summed E-state index contributed by atoms with van der Waals surface area (Å²) in [6.45, 7) is 1.31. The number of likely N-dealkylation sites (tertiary alicyclic amines) is 1. The van der Waals surface area contributed by atoms with Crippen LogP contribution in [0.15, 0.2) is 18.2 Å². The van der Waals surface area contributed by atoms with Gasteiger partial charge >= 0.3 is 5.97 Å². The number of carbonyl (C=O) groups is 3. The molecule has 2 heterocycles. The number of anilines is 1. The van der Waals surface area contributed by atoms with E-state index in [-0.39, 0.29) is 36.5 Å². The molecule has 0 bridgehead atoms. The average molecular weight is 449 g/mol. The first-order chi connectivity index (χ1) is 15.3. The summed E-state index contributed by atoms with van der Waals surface area (Å²) in [5.74, 6) is -2.53. The Balaban J connectivity index is 1.32. The Hall–Kier alpha value is -2.55. The molecule has 2 amide bonds. The van der Waals surface area contributed by atoms with E-state index in [0.717, 1.165) is 0 Å². The van der Waals surface area contributed by atoms with Gasteiger partial charge in [-0.25, -0.2) is 8.78 Å². The zero-order chi connectivity index (χ0) is 22.8. The molecular formula is C23H29F2N3O4. The van der Waals surface area contributed by atoms with Gasteiger partial charge in [0.05, 0.1) is 5.92 Å².